The number of benzene rings is 1. The minimum Gasteiger partial charge on any atom is -0.395 e. The van der Waals surface area contributed by atoms with Crippen LogP contribution in [0.25, 0.3) is 0 Å². The van der Waals surface area contributed by atoms with Gasteiger partial charge in [0.1, 0.15) is 5.82 Å². The third-order valence-electron chi connectivity index (χ3n) is 3.10. The molecule has 1 atom stereocenters. The zero-order chi connectivity index (χ0) is 15.0. The van der Waals surface area contributed by atoms with Gasteiger partial charge in [0.25, 0.3) is 0 Å². The van der Waals surface area contributed by atoms with Crippen LogP contribution in [0.1, 0.15) is 24.5 Å². The Bertz CT molecular complexity index is 481. The molecule has 1 N–H and O–H groups in total. The van der Waals surface area contributed by atoms with Crippen LogP contribution in [0.4, 0.5) is 4.39 Å². The Kier molecular flexibility index (Phi) is 7.68. The quantitative estimate of drug-likeness (QED) is 0.816. The highest BCUT2D eigenvalue weighted by Gasteiger charge is 2.11. The summed E-state index contributed by atoms with van der Waals surface area (Å²) in [4.78, 5) is 2.14. The second kappa shape index (κ2) is 9.02. The van der Waals surface area contributed by atoms with Crippen molar-refractivity contribution in [2.24, 2.45) is 0 Å². The van der Waals surface area contributed by atoms with Crippen LogP contribution in [0.15, 0.2) is 18.2 Å². The van der Waals surface area contributed by atoms with E-state index in [-0.39, 0.29) is 12.4 Å². The fraction of sp³-hybridized carbons (Fsp3) is 0.500. The second-order valence-corrected chi connectivity index (χ2v) is 5.71. The number of hydrogen-bond acceptors (Lipinski definition) is 3. The van der Waals surface area contributed by atoms with E-state index in [0.717, 1.165) is 5.75 Å². The van der Waals surface area contributed by atoms with Crippen molar-refractivity contribution in [2.75, 3.05) is 25.7 Å². The minimum atomic E-state index is -0.219. The monoisotopic (exact) mass is 295 g/mol. The minimum absolute atomic E-state index is 0.0334. The maximum absolute atomic E-state index is 14.0. The topological polar surface area (TPSA) is 23.5 Å². The van der Waals surface area contributed by atoms with Gasteiger partial charge >= 0.3 is 0 Å². The van der Waals surface area contributed by atoms with Gasteiger partial charge in [-0.25, -0.2) is 4.39 Å². The zero-order valence-electron chi connectivity index (χ0n) is 12.3. The molecule has 0 spiro atoms. The lowest BCUT2D eigenvalue weighted by molar-refractivity contribution is 0.266. The molecule has 20 heavy (non-hydrogen) atoms. The van der Waals surface area contributed by atoms with E-state index in [1.165, 1.54) is 6.07 Å². The highest BCUT2D eigenvalue weighted by Crippen LogP contribution is 2.14. The van der Waals surface area contributed by atoms with Crippen LogP contribution in [-0.4, -0.2) is 41.7 Å². The SMILES string of the molecule is CSCC(C)N(C)Cc1ccc(C#CCCO)cc1F. The van der Waals surface area contributed by atoms with Crippen LogP contribution in [0.2, 0.25) is 0 Å². The van der Waals surface area contributed by atoms with E-state index in [9.17, 15) is 4.39 Å². The molecule has 110 valence electrons. The smallest absolute Gasteiger partial charge is 0.128 e. The standard InChI is InChI=1S/C16H22FNOS/c1-13(12-20-3)18(2)11-15-8-7-14(10-16(15)17)6-4-5-9-19/h7-8,10,13,19H,5,9,11-12H2,1-3H3. The largest absolute Gasteiger partial charge is 0.395 e. The molecule has 1 aromatic rings. The summed E-state index contributed by atoms with van der Waals surface area (Å²) in [7, 11) is 2.01. The Morgan fingerprint density at radius 2 is 2.20 bits per heavy atom. The van der Waals surface area contributed by atoms with Crippen molar-refractivity contribution in [1.29, 1.82) is 0 Å². The number of rotatable bonds is 6. The molecule has 0 aliphatic carbocycles. The van der Waals surface area contributed by atoms with Gasteiger partial charge in [0.2, 0.25) is 0 Å². The Labute approximate surface area is 125 Å². The molecular weight excluding hydrogens is 273 g/mol. The molecule has 1 unspecified atom stereocenters. The van der Waals surface area contributed by atoms with Gasteiger partial charge in [0.05, 0.1) is 6.61 Å². The molecule has 0 fully saturated rings. The fourth-order valence-corrected chi connectivity index (χ4v) is 2.50. The lowest BCUT2D eigenvalue weighted by atomic mass is 10.1. The van der Waals surface area contributed by atoms with E-state index in [0.29, 0.717) is 30.1 Å². The van der Waals surface area contributed by atoms with E-state index in [4.69, 9.17) is 5.11 Å². The fourth-order valence-electron chi connectivity index (χ4n) is 1.77. The first-order chi connectivity index (χ1) is 9.58. The molecule has 0 heterocycles. The molecule has 4 heteroatoms. The molecule has 1 rings (SSSR count). The van der Waals surface area contributed by atoms with Crippen LogP contribution < -0.4 is 0 Å². The molecule has 0 aromatic heterocycles. The summed E-state index contributed by atoms with van der Waals surface area (Å²) in [5.41, 5.74) is 1.34. The lowest BCUT2D eigenvalue weighted by Crippen LogP contribution is -2.30. The van der Waals surface area contributed by atoms with Crippen LogP contribution in [0, 0.1) is 17.7 Å². The van der Waals surface area contributed by atoms with Crippen molar-refractivity contribution in [3.05, 3.63) is 35.1 Å². The molecule has 2 nitrogen and oxygen atoms in total. The second-order valence-electron chi connectivity index (χ2n) is 4.80. The highest BCUT2D eigenvalue weighted by atomic mass is 32.2. The first-order valence-corrected chi connectivity index (χ1v) is 8.05. The maximum atomic E-state index is 14.0. The van der Waals surface area contributed by atoms with Crippen molar-refractivity contribution >= 4 is 11.8 Å². The van der Waals surface area contributed by atoms with Gasteiger partial charge in [0, 0.05) is 35.9 Å². The maximum Gasteiger partial charge on any atom is 0.128 e. The number of aliphatic hydroxyl groups is 1. The van der Waals surface area contributed by atoms with Crippen molar-refractivity contribution in [2.45, 2.75) is 25.9 Å². The summed E-state index contributed by atoms with van der Waals surface area (Å²) in [6.07, 6.45) is 2.49. The van der Waals surface area contributed by atoms with Crippen molar-refractivity contribution in [3.63, 3.8) is 0 Å². The van der Waals surface area contributed by atoms with Crippen molar-refractivity contribution in [3.8, 4) is 11.8 Å². The summed E-state index contributed by atoms with van der Waals surface area (Å²) in [5, 5.41) is 8.65. The van der Waals surface area contributed by atoms with E-state index in [1.807, 2.05) is 13.1 Å². The average Bonchev–Trinajstić information content (AvgIpc) is 2.42. The third-order valence-corrected chi connectivity index (χ3v) is 3.92. The summed E-state index contributed by atoms with van der Waals surface area (Å²) in [6, 6.07) is 5.50. The van der Waals surface area contributed by atoms with Crippen molar-refractivity contribution < 1.29 is 9.50 Å². The predicted octanol–water partition coefficient (Wildman–Crippen LogP) is 2.74. The number of hydrogen-bond donors (Lipinski definition) is 1. The Morgan fingerprint density at radius 1 is 1.45 bits per heavy atom. The van der Waals surface area contributed by atoms with E-state index in [1.54, 1.807) is 17.8 Å². The number of nitrogens with zero attached hydrogens (tertiary/aromatic N) is 1. The molecule has 0 amide bonds. The zero-order valence-corrected chi connectivity index (χ0v) is 13.1. The third kappa shape index (κ3) is 5.54. The van der Waals surface area contributed by atoms with Gasteiger partial charge in [-0.1, -0.05) is 17.9 Å². The van der Waals surface area contributed by atoms with Crippen LogP contribution in [-0.2, 0) is 6.54 Å². The molecular formula is C16H22FNOS. The van der Waals surface area contributed by atoms with Crippen molar-refractivity contribution in [1.82, 2.24) is 4.90 Å². The van der Waals surface area contributed by atoms with Gasteiger partial charge in [-0.3, -0.25) is 4.90 Å². The molecule has 0 aliphatic heterocycles. The van der Waals surface area contributed by atoms with Gasteiger partial charge < -0.3 is 5.11 Å². The average molecular weight is 295 g/mol. The highest BCUT2D eigenvalue weighted by molar-refractivity contribution is 7.98. The van der Waals surface area contributed by atoms with Crippen LogP contribution >= 0.6 is 11.8 Å². The Morgan fingerprint density at radius 3 is 2.80 bits per heavy atom. The Hall–Kier alpha value is -1.02. The first-order valence-electron chi connectivity index (χ1n) is 6.65. The number of halogens is 1. The van der Waals surface area contributed by atoms with Crippen LogP contribution in [0.5, 0.6) is 0 Å². The summed E-state index contributed by atoms with van der Waals surface area (Å²) in [5.74, 6) is 6.45. The molecule has 0 saturated carbocycles. The molecule has 1 aromatic carbocycles. The predicted molar refractivity (Wildman–Crippen MR) is 84.3 cm³/mol. The van der Waals surface area contributed by atoms with Crippen LogP contribution in [0.3, 0.4) is 0 Å². The van der Waals surface area contributed by atoms with Gasteiger partial charge in [-0.2, -0.15) is 11.8 Å². The van der Waals surface area contributed by atoms with Gasteiger partial charge in [-0.05, 0) is 32.4 Å². The van der Waals surface area contributed by atoms with E-state index < -0.39 is 0 Å². The van der Waals surface area contributed by atoms with E-state index >= 15 is 0 Å². The molecule has 0 radical (unpaired) electrons. The summed E-state index contributed by atoms with van der Waals surface area (Å²) >= 11 is 1.79. The summed E-state index contributed by atoms with van der Waals surface area (Å²) < 4.78 is 14.0. The van der Waals surface area contributed by atoms with Gasteiger partial charge in [-0.15, -0.1) is 0 Å². The van der Waals surface area contributed by atoms with Gasteiger partial charge in [0.15, 0.2) is 0 Å². The molecule has 0 saturated heterocycles. The normalized spacial score (nSPS) is 12.1. The summed E-state index contributed by atoms with van der Waals surface area (Å²) in [6.45, 7) is 2.77. The Balaban J connectivity index is 2.71. The molecule has 0 bridgehead atoms. The first kappa shape index (κ1) is 17.0. The lowest BCUT2D eigenvalue weighted by Gasteiger charge is -2.24. The number of thioether (sulfide) groups is 1. The number of aliphatic hydroxyl groups excluding tert-OH is 1. The van der Waals surface area contributed by atoms with E-state index in [2.05, 4.69) is 29.9 Å². The molecule has 0 aliphatic rings.